The van der Waals surface area contributed by atoms with E-state index in [1.54, 1.807) is 17.6 Å². The number of hydrogen-bond acceptors (Lipinski definition) is 5. The fourth-order valence-corrected chi connectivity index (χ4v) is 1.49. The molecule has 6 nitrogen and oxygen atoms in total. The molecule has 0 amide bonds. The molecule has 1 aromatic rings. The van der Waals surface area contributed by atoms with Gasteiger partial charge >= 0.3 is 0 Å². The molecule has 1 aliphatic rings. The van der Waals surface area contributed by atoms with Crippen LogP contribution < -0.4 is 10.4 Å². The molecule has 0 bridgehead atoms. The van der Waals surface area contributed by atoms with Crippen LogP contribution in [0.5, 0.6) is 0 Å². The number of aromatic amines is 1. The normalized spacial score (nSPS) is 17.6. The summed E-state index contributed by atoms with van der Waals surface area (Å²) in [6.45, 7) is 3.62. The molecule has 14 heavy (non-hydrogen) atoms. The van der Waals surface area contributed by atoms with Gasteiger partial charge in [-0.1, -0.05) is 0 Å². The van der Waals surface area contributed by atoms with Crippen LogP contribution in [-0.2, 0) is 4.79 Å². The Hall–Kier alpha value is -1.40. The second-order valence-corrected chi connectivity index (χ2v) is 3.08. The molecule has 2 heterocycles. The van der Waals surface area contributed by atoms with Crippen molar-refractivity contribution >= 4 is 11.6 Å². The number of hydrogen-bond donors (Lipinski definition) is 2. The van der Waals surface area contributed by atoms with Gasteiger partial charge in [-0.3, -0.25) is 9.80 Å². The minimum Gasteiger partial charge on any atom is -0.330 e. The van der Waals surface area contributed by atoms with E-state index < -0.39 is 0 Å². The van der Waals surface area contributed by atoms with Gasteiger partial charge in [0, 0.05) is 6.54 Å². The lowest BCUT2D eigenvalue weighted by Gasteiger charge is -2.29. The van der Waals surface area contributed by atoms with Gasteiger partial charge in [-0.05, 0) is 6.92 Å². The number of nitrogens with one attached hydrogen (secondary N) is 2. The maximum atomic E-state index is 11.1. The molecular weight excluding hydrogens is 182 g/mol. The number of aromatic nitrogens is 2. The van der Waals surface area contributed by atoms with Crippen LogP contribution in [0.15, 0.2) is 12.5 Å². The van der Waals surface area contributed by atoms with Crippen LogP contribution in [0.3, 0.4) is 0 Å². The Morgan fingerprint density at radius 2 is 2.57 bits per heavy atom. The summed E-state index contributed by atoms with van der Waals surface area (Å²) in [4.78, 5) is 18.0. The van der Waals surface area contributed by atoms with Gasteiger partial charge in [0.1, 0.15) is 5.82 Å². The first-order valence-electron chi connectivity index (χ1n) is 4.60. The number of nitrogens with zero attached hydrogens (tertiary/aromatic N) is 3. The van der Waals surface area contributed by atoms with Crippen molar-refractivity contribution < 1.29 is 4.79 Å². The van der Waals surface area contributed by atoms with Crippen molar-refractivity contribution in [2.45, 2.75) is 6.92 Å². The molecule has 6 heteroatoms. The van der Waals surface area contributed by atoms with Gasteiger partial charge in [-0.2, -0.15) is 0 Å². The van der Waals surface area contributed by atoms with E-state index in [1.807, 2.05) is 11.9 Å². The average molecular weight is 195 g/mol. The molecule has 2 N–H and O–H groups in total. The summed E-state index contributed by atoms with van der Waals surface area (Å²) in [5.41, 5.74) is 3.01. The van der Waals surface area contributed by atoms with E-state index in [0.29, 0.717) is 13.1 Å². The first kappa shape index (κ1) is 9.17. The first-order valence-corrected chi connectivity index (χ1v) is 4.60. The number of ketones is 1. The smallest absolute Gasteiger partial charge is 0.165 e. The maximum Gasteiger partial charge on any atom is 0.165 e. The predicted molar refractivity (Wildman–Crippen MR) is 51.3 cm³/mol. The summed E-state index contributed by atoms with van der Waals surface area (Å²) in [5.74, 6) is 1.08. The van der Waals surface area contributed by atoms with Crippen LogP contribution >= 0.6 is 0 Å². The standard InChI is InChI=1S/C8H13N5O/c1-2-12(8-4-9-6-10-8)13-5-7(14)3-11-13/h4,6,11H,2-3,5H2,1H3,(H,9,10). The molecule has 0 saturated carbocycles. The lowest BCUT2D eigenvalue weighted by atomic mass is 10.4. The van der Waals surface area contributed by atoms with Crippen LogP contribution in [0, 0.1) is 0 Å². The number of imidazole rings is 1. The number of hydrazine groups is 2. The van der Waals surface area contributed by atoms with Crippen LogP contribution in [-0.4, -0.2) is 40.5 Å². The molecule has 0 spiro atoms. The van der Waals surface area contributed by atoms with Gasteiger partial charge < -0.3 is 4.98 Å². The quantitative estimate of drug-likeness (QED) is 0.683. The lowest BCUT2D eigenvalue weighted by Crippen LogP contribution is -2.47. The summed E-state index contributed by atoms with van der Waals surface area (Å²) in [7, 11) is 0. The Bertz CT molecular complexity index is 310. The van der Waals surface area contributed by atoms with Crippen LogP contribution in [0.25, 0.3) is 0 Å². The third kappa shape index (κ3) is 1.61. The number of Topliss-reactive ketones (excluding diaryl/α,β-unsaturated/α-hetero) is 1. The lowest BCUT2D eigenvalue weighted by molar-refractivity contribution is -0.116. The molecular formula is C8H13N5O. The van der Waals surface area contributed by atoms with Gasteiger partial charge in [0.25, 0.3) is 0 Å². The van der Waals surface area contributed by atoms with Crippen molar-refractivity contribution in [1.29, 1.82) is 0 Å². The Morgan fingerprint density at radius 1 is 1.71 bits per heavy atom. The molecule has 0 radical (unpaired) electrons. The number of carbonyl (C=O) groups excluding carboxylic acids is 1. The second-order valence-electron chi connectivity index (χ2n) is 3.08. The maximum absolute atomic E-state index is 11.1. The average Bonchev–Trinajstić information content (AvgIpc) is 2.79. The molecule has 1 saturated heterocycles. The molecule has 1 aromatic heterocycles. The molecule has 76 valence electrons. The zero-order valence-electron chi connectivity index (χ0n) is 8.03. The Morgan fingerprint density at radius 3 is 3.07 bits per heavy atom. The molecule has 0 atom stereocenters. The number of rotatable bonds is 3. The summed E-state index contributed by atoms with van der Waals surface area (Å²) in [6, 6.07) is 0. The van der Waals surface area contributed by atoms with Crippen molar-refractivity contribution in [3.05, 3.63) is 12.5 Å². The van der Waals surface area contributed by atoms with Gasteiger partial charge in [-0.25, -0.2) is 10.4 Å². The third-order valence-corrected chi connectivity index (χ3v) is 2.14. The summed E-state index contributed by atoms with van der Waals surface area (Å²) in [5, 5.41) is 3.74. The fraction of sp³-hybridized carbons (Fsp3) is 0.500. The first-order chi connectivity index (χ1) is 6.81. The van der Waals surface area contributed by atoms with E-state index in [9.17, 15) is 4.79 Å². The molecule has 0 aliphatic carbocycles. The zero-order chi connectivity index (χ0) is 9.97. The van der Waals surface area contributed by atoms with Gasteiger partial charge in [0.2, 0.25) is 0 Å². The summed E-state index contributed by atoms with van der Waals surface area (Å²) in [6.07, 6.45) is 3.35. The third-order valence-electron chi connectivity index (χ3n) is 2.14. The second kappa shape index (κ2) is 3.77. The highest BCUT2D eigenvalue weighted by Gasteiger charge is 2.24. The summed E-state index contributed by atoms with van der Waals surface area (Å²) >= 11 is 0. The van der Waals surface area contributed by atoms with Crippen LogP contribution in [0.4, 0.5) is 5.82 Å². The fourth-order valence-electron chi connectivity index (χ4n) is 1.49. The van der Waals surface area contributed by atoms with Gasteiger partial charge in [0.05, 0.1) is 25.6 Å². The molecule has 1 fully saturated rings. The van der Waals surface area contributed by atoms with Crippen molar-refractivity contribution in [2.75, 3.05) is 24.6 Å². The number of H-pyrrole nitrogens is 1. The van der Waals surface area contributed by atoms with E-state index in [0.717, 1.165) is 12.4 Å². The van der Waals surface area contributed by atoms with Crippen LogP contribution in [0.2, 0.25) is 0 Å². The highest BCUT2D eigenvalue weighted by Crippen LogP contribution is 2.11. The topological polar surface area (TPSA) is 64.3 Å². The van der Waals surface area contributed by atoms with Crippen molar-refractivity contribution in [3.63, 3.8) is 0 Å². The highest BCUT2D eigenvalue weighted by molar-refractivity contribution is 5.84. The largest absolute Gasteiger partial charge is 0.330 e. The van der Waals surface area contributed by atoms with Crippen molar-refractivity contribution in [1.82, 2.24) is 20.5 Å². The van der Waals surface area contributed by atoms with Gasteiger partial charge in [-0.15, -0.1) is 5.12 Å². The van der Waals surface area contributed by atoms with E-state index in [2.05, 4.69) is 15.4 Å². The van der Waals surface area contributed by atoms with Crippen molar-refractivity contribution in [2.24, 2.45) is 0 Å². The number of carbonyl (C=O) groups is 1. The van der Waals surface area contributed by atoms with E-state index >= 15 is 0 Å². The number of anilines is 1. The Kier molecular flexibility index (Phi) is 2.47. The molecule has 0 unspecified atom stereocenters. The summed E-state index contributed by atoms with van der Waals surface area (Å²) < 4.78 is 0. The minimum absolute atomic E-state index is 0.197. The predicted octanol–water partition coefficient (Wildman–Crippen LogP) is -0.460. The molecule has 2 rings (SSSR count). The minimum atomic E-state index is 0.197. The SMILES string of the molecule is CCN(c1cnc[nH]1)N1CC(=O)CN1. The molecule has 1 aliphatic heterocycles. The molecule has 0 aromatic carbocycles. The van der Waals surface area contributed by atoms with E-state index in [1.165, 1.54) is 0 Å². The Labute approximate surface area is 81.9 Å². The zero-order valence-corrected chi connectivity index (χ0v) is 8.03. The monoisotopic (exact) mass is 195 g/mol. The van der Waals surface area contributed by atoms with Crippen LogP contribution in [0.1, 0.15) is 6.92 Å². The Balaban J connectivity index is 2.10. The van der Waals surface area contributed by atoms with E-state index in [-0.39, 0.29) is 5.78 Å². The highest BCUT2D eigenvalue weighted by atomic mass is 16.1. The van der Waals surface area contributed by atoms with Gasteiger partial charge in [0.15, 0.2) is 5.78 Å². The van der Waals surface area contributed by atoms with Crippen molar-refractivity contribution in [3.8, 4) is 0 Å². The van der Waals surface area contributed by atoms with E-state index in [4.69, 9.17) is 0 Å².